The van der Waals surface area contributed by atoms with Gasteiger partial charge in [-0.25, -0.2) is 0 Å². The number of primary amides is 1. The first-order valence-electron chi connectivity index (χ1n) is 3.50. The molecule has 13 heavy (non-hydrogen) atoms. The Morgan fingerprint density at radius 3 is 2.54 bits per heavy atom. The predicted octanol–water partition coefficient (Wildman–Crippen LogP) is -0.442. The van der Waals surface area contributed by atoms with Gasteiger partial charge in [-0.15, -0.1) is 0 Å². The van der Waals surface area contributed by atoms with Crippen LogP contribution in [0.1, 0.15) is 10.4 Å². The molecule has 0 fully saturated rings. The second kappa shape index (κ2) is 2.53. The maximum Gasteiger partial charge on any atom is 0.250 e. The molecule has 1 amide bonds. The summed E-state index contributed by atoms with van der Waals surface area (Å²) in [5, 5.41) is 0. The lowest BCUT2D eigenvalue weighted by atomic mass is 10.1. The summed E-state index contributed by atoms with van der Waals surface area (Å²) < 4.78 is 0. The number of carbonyl (C=O) groups is 1. The Bertz CT molecular complexity index is 377. The summed E-state index contributed by atoms with van der Waals surface area (Å²) in [6.07, 6.45) is 0. The van der Waals surface area contributed by atoms with Crippen LogP contribution in [0.25, 0.3) is 0 Å². The fourth-order valence-corrected chi connectivity index (χ4v) is 1.06. The molecule has 1 aromatic rings. The third kappa shape index (κ3) is 1.13. The minimum atomic E-state index is -0.601. The first-order chi connectivity index (χ1) is 6.18. The van der Waals surface area contributed by atoms with Crippen molar-refractivity contribution >= 4 is 11.6 Å². The van der Waals surface area contributed by atoms with Crippen LogP contribution < -0.4 is 26.8 Å². The zero-order chi connectivity index (χ0) is 9.42. The largest absolute Gasteiger partial charge is 0.398 e. The van der Waals surface area contributed by atoms with Crippen LogP contribution in [-0.4, -0.2) is 5.91 Å². The molecule has 0 spiro atoms. The highest BCUT2D eigenvalue weighted by molar-refractivity contribution is 5.98. The topological polar surface area (TPSA) is 99.6 Å². The molecule has 5 N–H and O–H groups in total. The number of benzene rings is 1. The monoisotopic (exact) mass is 181 g/mol. The minimum absolute atomic E-state index is 0.214. The van der Waals surface area contributed by atoms with E-state index in [4.69, 9.17) is 21.1 Å². The van der Waals surface area contributed by atoms with Crippen LogP contribution in [0.15, 0.2) is 12.1 Å². The molecule has 6 heteroatoms. The SMILES string of the molecule is NC(=O)c1cc2c(cc1N)ONO2. The van der Waals surface area contributed by atoms with Crippen LogP contribution in [0.5, 0.6) is 11.5 Å². The van der Waals surface area contributed by atoms with Gasteiger partial charge in [-0.05, 0) is 0 Å². The summed E-state index contributed by atoms with van der Waals surface area (Å²) in [4.78, 5) is 20.5. The van der Waals surface area contributed by atoms with Gasteiger partial charge in [0.1, 0.15) is 0 Å². The van der Waals surface area contributed by atoms with Crippen molar-refractivity contribution in [3.63, 3.8) is 0 Å². The van der Waals surface area contributed by atoms with E-state index in [0.717, 1.165) is 0 Å². The molecule has 0 aromatic heterocycles. The van der Waals surface area contributed by atoms with Gasteiger partial charge in [0.2, 0.25) is 0 Å². The second-order valence-corrected chi connectivity index (χ2v) is 2.54. The molecular weight excluding hydrogens is 174 g/mol. The molecule has 1 aliphatic heterocycles. The van der Waals surface area contributed by atoms with Crippen LogP contribution in [0.4, 0.5) is 5.69 Å². The molecule has 0 bridgehead atoms. The van der Waals surface area contributed by atoms with Crippen molar-refractivity contribution in [2.75, 3.05) is 5.73 Å². The molecule has 1 aliphatic rings. The Hall–Kier alpha value is -1.95. The van der Waals surface area contributed by atoms with Crippen molar-refractivity contribution in [1.82, 2.24) is 5.64 Å². The van der Waals surface area contributed by atoms with E-state index in [-0.39, 0.29) is 11.3 Å². The Balaban J connectivity index is 2.55. The fourth-order valence-electron chi connectivity index (χ4n) is 1.06. The molecule has 0 unspecified atom stereocenters. The first-order valence-corrected chi connectivity index (χ1v) is 3.50. The number of nitrogen functional groups attached to an aromatic ring is 1. The molecular formula is C7H7N3O3. The van der Waals surface area contributed by atoms with Gasteiger partial charge in [0.25, 0.3) is 5.91 Å². The molecule has 0 radical (unpaired) electrons. The van der Waals surface area contributed by atoms with Gasteiger partial charge in [-0.2, -0.15) is 0 Å². The number of nitrogens with two attached hydrogens (primary N) is 2. The van der Waals surface area contributed by atoms with Crippen LogP contribution in [-0.2, 0) is 0 Å². The number of nitrogens with one attached hydrogen (secondary N) is 1. The Kier molecular flexibility index (Phi) is 1.49. The van der Waals surface area contributed by atoms with Crippen molar-refractivity contribution in [3.8, 4) is 11.5 Å². The number of rotatable bonds is 1. The summed E-state index contributed by atoms with van der Waals surface area (Å²) in [5.74, 6) is 0.223. The van der Waals surface area contributed by atoms with Gasteiger partial charge in [0, 0.05) is 23.5 Å². The quantitative estimate of drug-likeness (QED) is 0.510. The van der Waals surface area contributed by atoms with Crippen LogP contribution in [0.3, 0.4) is 0 Å². The first kappa shape index (κ1) is 7.69. The number of hydrogen-bond donors (Lipinski definition) is 3. The maximum absolute atomic E-state index is 10.8. The van der Waals surface area contributed by atoms with E-state index in [1.807, 2.05) is 0 Å². The lowest BCUT2D eigenvalue weighted by Gasteiger charge is -2.01. The van der Waals surface area contributed by atoms with Gasteiger partial charge in [-0.3, -0.25) is 4.79 Å². The fraction of sp³-hybridized carbons (Fsp3) is 0. The Morgan fingerprint density at radius 1 is 1.31 bits per heavy atom. The van der Waals surface area contributed by atoms with Crippen molar-refractivity contribution in [1.29, 1.82) is 0 Å². The Labute approximate surface area is 73.3 Å². The summed E-state index contributed by atoms with van der Waals surface area (Å²) in [6, 6.07) is 2.89. The standard InChI is InChI=1S/C7H7N3O3/c8-4-2-6-5(12-10-13-6)1-3(4)7(9)11/h1-2,10H,8H2,(H2,9,11). The molecule has 1 aromatic carbocycles. The highest BCUT2D eigenvalue weighted by Crippen LogP contribution is 2.34. The Morgan fingerprint density at radius 2 is 1.92 bits per heavy atom. The zero-order valence-corrected chi connectivity index (χ0v) is 6.53. The normalized spacial score (nSPS) is 12.9. The third-order valence-corrected chi connectivity index (χ3v) is 1.68. The molecule has 1 heterocycles. The number of amides is 1. The average Bonchev–Trinajstić information content (AvgIpc) is 2.48. The lowest BCUT2D eigenvalue weighted by Crippen LogP contribution is -2.14. The van der Waals surface area contributed by atoms with Crippen molar-refractivity contribution < 1.29 is 14.5 Å². The van der Waals surface area contributed by atoms with Crippen molar-refractivity contribution in [2.24, 2.45) is 5.73 Å². The lowest BCUT2D eigenvalue weighted by molar-refractivity contribution is 0.0259. The van der Waals surface area contributed by atoms with Crippen molar-refractivity contribution in [2.45, 2.75) is 0 Å². The predicted molar refractivity (Wildman–Crippen MR) is 43.8 cm³/mol. The van der Waals surface area contributed by atoms with E-state index in [1.165, 1.54) is 12.1 Å². The summed E-state index contributed by atoms with van der Waals surface area (Å²) in [5.41, 5.74) is 13.3. The van der Waals surface area contributed by atoms with E-state index in [2.05, 4.69) is 5.64 Å². The van der Waals surface area contributed by atoms with Crippen LogP contribution >= 0.6 is 0 Å². The molecule has 0 atom stereocenters. The average molecular weight is 181 g/mol. The molecule has 0 aliphatic carbocycles. The van der Waals surface area contributed by atoms with Crippen LogP contribution in [0.2, 0.25) is 0 Å². The molecule has 0 saturated carbocycles. The summed E-state index contributed by atoms with van der Waals surface area (Å²) in [6.45, 7) is 0. The highest BCUT2D eigenvalue weighted by Gasteiger charge is 2.18. The van der Waals surface area contributed by atoms with E-state index < -0.39 is 5.91 Å². The van der Waals surface area contributed by atoms with Crippen LogP contribution in [0, 0.1) is 0 Å². The number of anilines is 1. The zero-order valence-electron chi connectivity index (χ0n) is 6.53. The molecule has 0 saturated heterocycles. The molecule has 68 valence electrons. The van der Waals surface area contributed by atoms with Crippen molar-refractivity contribution in [3.05, 3.63) is 17.7 Å². The number of hydrogen-bond acceptors (Lipinski definition) is 5. The third-order valence-electron chi connectivity index (χ3n) is 1.68. The van der Waals surface area contributed by atoms with Gasteiger partial charge in [0.05, 0.1) is 5.56 Å². The number of carbonyl (C=O) groups excluding carboxylic acids is 1. The summed E-state index contributed by atoms with van der Waals surface area (Å²) >= 11 is 0. The number of fused-ring (bicyclic) bond motifs is 1. The summed E-state index contributed by atoms with van der Waals surface area (Å²) in [7, 11) is 0. The van der Waals surface area contributed by atoms with E-state index in [9.17, 15) is 4.79 Å². The second-order valence-electron chi connectivity index (χ2n) is 2.54. The molecule has 6 nitrogen and oxygen atoms in total. The van der Waals surface area contributed by atoms with Gasteiger partial charge in [-0.1, -0.05) is 0 Å². The van der Waals surface area contributed by atoms with E-state index in [1.54, 1.807) is 0 Å². The van der Waals surface area contributed by atoms with Gasteiger partial charge in [0.15, 0.2) is 11.5 Å². The van der Waals surface area contributed by atoms with E-state index >= 15 is 0 Å². The highest BCUT2D eigenvalue weighted by atomic mass is 16.9. The van der Waals surface area contributed by atoms with E-state index in [0.29, 0.717) is 11.5 Å². The maximum atomic E-state index is 10.8. The smallest absolute Gasteiger partial charge is 0.250 e. The molecule has 2 rings (SSSR count). The minimum Gasteiger partial charge on any atom is -0.398 e. The van der Waals surface area contributed by atoms with Gasteiger partial charge < -0.3 is 21.1 Å². The van der Waals surface area contributed by atoms with Gasteiger partial charge >= 0.3 is 0 Å².